The summed E-state index contributed by atoms with van der Waals surface area (Å²) in [4.78, 5) is 24.8. The van der Waals surface area contributed by atoms with E-state index < -0.39 is 4.92 Å². The lowest BCUT2D eigenvalue weighted by Gasteiger charge is -2.16. The first-order chi connectivity index (χ1) is 12.5. The number of nitro benzene ring substituents is 1. The number of likely N-dealkylation sites (tertiary alicyclic amines) is 1. The zero-order chi connectivity index (χ0) is 18.7. The fourth-order valence-corrected chi connectivity index (χ4v) is 3.07. The van der Waals surface area contributed by atoms with E-state index in [-0.39, 0.29) is 22.4 Å². The molecule has 0 radical (unpaired) electrons. The standard InChI is InChI=1S/C18H18ClN3O4/c19-14-3-6-17(16(9-14)22(24)25)26-15-4-1-13(2-5-15)18(23)21-8-7-12(10-20)11-21/h1-6,9,12H,7-8,10-11,20H2. The number of nitrogens with two attached hydrogens (primary N) is 1. The zero-order valence-corrected chi connectivity index (χ0v) is 14.7. The van der Waals surface area contributed by atoms with Crippen molar-refractivity contribution in [2.24, 2.45) is 11.7 Å². The molecule has 1 aliphatic heterocycles. The number of nitrogens with zero attached hydrogens (tertiary/aromatic N) is 2. The molecule has 1 saturated heterocycles. The molecule has 2 aromatic rings. The molecule has 136 valence electrons. The first kappa shape index (κ1) is 18.2. The Labute approximate surface area is 155 Å². The van der Waals surface area contributed by atoms with Gasteiger partial charge in [0.15, 0.2) is 0 Å². The average molecular weight is 376 g/mol. The van der Waals surface area contributed by atoms with Crippen molar-refractivity contribution >= 4 is 23.2 Å². The number of benzene rings is 2. The smallest absolute Gasteiger partial charge is 0.313 e. The molecule has 1 heterocycles. The van der Waals surface area contributed by atoms with Crippen LogP contribution in [0.1, 0.15) is 16.8 Å². The SMILES string of the molecule is NCC1CCN(C(=O)c2ccc(Oc3ccc(Cl)cc3[N+](=O)[O-])cc2)C1. The molecule has 1 aliphatic rings. The van der Waals surface area contributed by atoms with Gasteiger partial charge in [0, 0.05) is 29.7 Å². The molecule has 1 unspecified atom stereocenters. The van der Waals surface area contributed by atoms with Crippen LogP contribution in [0, 0.1) is 16.0 Å². The minimum Gasteiger partial charge on any atom is -0.450 e. The minimum absolute atomic E-state index is 0.0510. The second kappa shape index (κ2) is 7.72. The minimum atomic E-state index is -0.555. The molecule has 8 heteroatoms. The Hall–Kier alpha value is -2.64. The molecule has 1 fully saturated rings. The number of carbonyl (C=O) groups is 1. The summed E-state index contributed by atoms with van der Waals surface area (Å²) in [6.07, 6.45) is 0.920. The largest absolute Gasteiger partial charge is 0.450 e. The maximum atomic E-state index is 12.5. The van der Waals surface area contributed by atoms with Crippen LogP contribution >= 0.6 is 11.6 Å². The molecule has 26 heavy (non-hydrogen) atoms. The van der Waals surface area contributed by atoms with Gasteiger partial charge in [-0.15, -0.1) is 0 Å². The Morgan fingerprint density at radius 1 is 1.31 bits per heavy atom. The Morgan fingerprint density at radius 2 is 2.04 bits per heavy atom. The lowest BCUT2D eigenvalue weighted by atomic mass is 10.1. The highest BCUT2D eigenvalue weighted by molar-refractivity contribution is 6.30. The quantitative estimate of drug-likeness (QED) is 0.637. The predicted molar refractivity (Wildman–Crippen MR) is 97.7 cm³/mol. The number of hydrogen-bond acceptors (Lipinski definition) is 5. The van der Waals surface area contributed by atoms with Crippen molar-refractivity contribution in [3.05, 3.63) is 63.2 Å². The molecule has 0 bridgehead atoms. The summed E-state index contributed by atoms with van der Waals surface area (Å²) < 4.78 is 5.58. The van der Waals surface area contributed by atoms with Crippen LogP contribution in [0.5, 0.6) is 11.5 Å². The molecule has 0 aliphatic carbocycles. The summed E-state index contributed by atoms with van der Waals surface area (Å²) in [5.41, 5.74) is 5.98. The first-order valence-electron chi connectivity index (χ1n) is 8.19. The molecule has 0 saturated carbocycles. The van der Waals surface area contributed by atoms with Gasteiger partial charge in [-0.2, -0.15) is 0 Å². The van der Waals surface area contributed by atoms with Gasteiger partial charge in [0.25, 0.3) is 5.91 Å². The van der Waals surface area contributed by atoms with Crippen molar-refractivity contribution < 1.29 is 14.5 Å². The third kappa shape index (κ3) is 3.95. The summed E-state index contributed by atoms with van der Waals surface area (Å²) in [6, 6.07) is 10.7. The maximum absolute atomic E-state index is 12.5. The summed E-state index contributed by atoms with van der Waals surface area (Å²) in [6.45, 7) is 1.96. The average Bonchev–Trinajstić information content (AvgIpc) is 3.12. The second-order valence-corrected chi connectivity index (χ2v) is 6.57. The fourth-order valence-electron chi connectivity index (χ4n) is 2.90. The highest BCUT2D eigenvalue weighted by Gasteiger charge is 2.26. The van der Waals surface area contributed by atoms with Crippen LogP contribution in [-0.2, 0) is 0 Å². The van der Waals surface area contributed by atoms with Crippen LogP contribution in [0.25, 0.3) is 0 Å². The Bertz CT molecular complexity index is 826. The zero-order valence-electron chi connectivity index (χ0n) is 13.9. The summed E-state index contributed by atoms with van der Waals surface area (Å²) in [5.74, 6) is 0.786. The summed E-state index contributed by atoms with van der Waals surface area (Å²) >= 11 is 5.79. The van der Waals surface area contributed by atoms with Gasteiger partial charge in [-0.05, 0) is 55.3 Å². The molecular formula is C18H18ClN3O4. The molecule has 2 aromatic carbocycles. The van der Waals surface area contributed by atoms with Crippen LogP contribution in [0.2, 0.25) is 5.02 Å². The molecule has 7 nitrogen and oxygen atoms in total. The monoisotopic (exact) mass is 375 g/mol. The van der Waals surface area contributed by atoms with E-state index in [4.69, 9.17) is 22.1 Å². The van der Waals surface area contributed by atoms with E-state index in [2.05, 4.69) is 0 Å². The van der Waals surface area contributed by atoms with Gasteiger partial charge in [-0.3, -0.25) is 14.9 Å². The van der Waals surface area contributed by atoms with Crippen molar-refractivity contribution in [3.63, 3.8) is 0 Å². The number of rotatable bonds is 5. The number of carbonyl (C=O) groups excluding carboxylic acids is 1. The third-order valence-electron chi connectivity index (χ3n) is 4.35. The topological polar surface area (TPSA) is 98.7 Å². The molecule has 1 amide bonds. The molecule has 1 atom stereocenters. The van der Waals surface area contributed by atoms with Crippen molar-refractivity contribution in [2.75, 3.05) is 19.6 Å². The molecule has 3 rings (SSSR count). The highest BCUT2D eigenvalue weighted by atomic mass is 35.5. The van der Waals surface area contributed by atoms with Gasteiger partial charge >= 0.3 is 5.69 Å². The van der Waals surface area contributed by atoms with Gasteiger partial charge in [0.1, 0.15) is 5.75 Å². The normalized spacial score (nSPS) is 16.5. The Kier molecular flexibility index (Phi) is 5.39. The van der Waals surface area contributed by atoms with Crippen molar-refractivity contribution in [1.82, 2.24) is 4.90 Å². The van der Waals surface area contributed by atoms with Gasteiger partial charge in [-0.1, -0.05) is 11.6 Å². The third-order valence-corrected chi connectivity index (χ3v) is 4.59. The Morgan fingerprint density at radius 3 is 2.65 bits per heavy atom. The van der Waals surface area contributed by atoms with Gasteiger partial charge in [-0.25, -0.2) is 0 Å². The van der Waals surface area contributed by atoms with E-state index in [1.807, 2.05) is 0 Å². The number of amides is 1. The van der Waals surface area contributed by atoms with Crippen molar-refractivity contribution in [2.45, 2.75) is 6.42 Å². The number of nitro groups is 1. The molecule has 0 spiro atoms. The van der Waals surface area contributed by atoms with E-state index >= 15 is 0 Å². The second-order valence-electron chi connectivity index (χ2n) is 6.14. The molecule has 0 aromatic heterocycles. The van der Waals surface area contributed by atoms with Crippen LogP contribution in [0.4, 0.5) is 5.69 Å². The number of ether oxygens (including phenoxy) is 1. The maximum Gasteiger partial charge on any atom is 0.313 e. The van der Waals surface area contributed by atoms with E-state index in [0.717, 1.165) is 6.42 Å². The van der Waals surface area contributed by atoms with E-state index in [1.54, 1.807) is 29.2 Å². The molecule has 2 N–H and O–H groups in total. The van der Waals surface area contributed by atoms with Crippen LogP contribution < -0.4 is 10.5 Å². The lowest BCUT2D eigenvalue weighted by Crippen LogP contribution is -2.29. The summed E-state index contributed by atoms with van der Waals surface area (Å²) in [7, 11) is 0. The number of hydrogen-bond donors (Lipinski definition) is 1. The first-order valence-corrected chi connectivity index (χ1v) is 8.57. The van der Waals surface area contributed by atoms with E-state index in [1.165, 1.54) is 18.2 Å². The lowest BCUT2D eigenvalue weighted by molar-refractivity contribution is -0.385. The summed E-state index contributed by atoms with van der Waals surface area (Å²) in [5, 5.41) is 11.4. The van der Waals surface area contributed by atoms with Gasteiger partial charge < -0.3 is 15.4 Å². The van der Waals surface area contributed by atoms with Crippen LogP contribution in [0.3, 0.4) is 0 Å². The van der Waals surface area contributed by atoms with Gasteiger partial charge in [0.2, 0.25) is 5.75 Å². The van der Waals surface area contributed by atoms with E-state index in [0.29, 0.717) is 36.9 Å². The predicted octanol–water partition coefficient (Wildman–Crippen LogP) is 3.46. The highest BCUT2D eigenvalue weighted by Crippen LogP contribution is 2.33. The molecular weight excluding hydrogens is 358 g/mol. The fraction of sp³-hybridized carbons (Fsp3) is 0.278. The van der Waals surface area contributed by atoms with Crippen molar-refractivity contribution in [3.8, 4) is 11.5 Å². The van der Waals surface area contributed by atoms with Gasteiger partial charge in [0.05, 0.1) is 4.92 Å². The number of halogens is 1. The van der Waals surface area contributed by atoms with Crippen molar-refractivity contribution in [1.29, 1.82) is 0 Å². The van der Waals surface area contributed by atoms with E-state index in [9.17, 15) is 14.9 Å². The van der Waals surface area contributed by atoms with Crippen LogP contribution in [-0.4, -0.2) is 35.4 Å². The van der Waals surface area contributed by atoms with Crippen LogP contribution in [0.15, 0.2) is 42.5 Å². The Balaban J connectivity index is 1.73.